The minimum absolute atomic E-state index is 0.713. The van der Waals surface area contributed by atoms with E-state index >= 15 is 0 Å². The third-order valence-electron chi connectivity index (χ3n) is 15.4. The van der Waals surface area contributed by atoms with Crippen molar-refractivity contribution < 1.29 is 0 Å². The zero-order chi connectivity index (χ0) is 48.0. The molecule has 0 saturated carbocycles. The summed E-state index contributed by atoms with van der Waals surface area (Å²) in [5.41, 5.74) is 9.86. The van der Waals surface area contributed by atoms with Gasteiger partial charge < -0.3 is 9.80 Å². The van der Waals surface area contributed by atoms with E-state index in [1.54, 1.807) is 0 Å². The summed E-state index contributed by atoms with van der Waals surface area (Å²) in [5, 5.41) is 0. The number of benzene rings is 10. The number of rotatable bonds is 10. The molecule has 0 amide bonds. The van der Waals surface area contributed by atoms with Gasteiger partial charge in [0.25, 0.3) is 0 Å². The van der Waals surface area contributed by atoms with E-state index in [0.29, 0.717) is 11.6 Å². The Morgan fingerprint density at radius 2 is 0.375 bits per heavy atom. The van der Waals surface area contributed by atoms with Gasteiger partial charge in [-0.15, -0.1) is 0 Å². The van der Waals surface area contributed by atoms with E-state index in [1.165, 1.54) is 22.3 Å². The molecule has 2 aliphatic rings. The summed E-state index contributed by atoms with van der Waals surface area (Å²) in [6, 6.07) is 106. The molecule has 0 saturated heterocycles. The highest BCUT2D eigenvalue weighted by Gasteiger charge is 2.64. The van der Waals surface area contributed by atoms with Crippen LogP contribution in [0.1, 0.15) is 66.8 Å². The second-order valence-corrected chi connectivity index (χ2v) is 18.8. The summed E-state index contributed by atoms with van der Waals surface area (Å²) in [6.45, 7) is 0. The van der Waals surface area contributed by atoms with Gasteiger partial charge in [-0.2, -0.15) is 0 Å². The number of hydrogen-bond acceptors (Lipinski definition) is 4. The quantitative estimate of drug-likeness (QED) is 0.137. The lowest BCUT2D eigenvalue weighted by atomic mass is 9.76. The molecule has 0 N–H and O–H groups in total. The largest absolute Gasteiger partial charge is 0.319 e. The van der Waals surface area contributed by atoms with Gasteiger partial charge in [0.05, 0.1) is 12.4 Å². The summed E-state index contributed by atoms with van der Waals surface area (Å²) in [5.74, 6) is 1.43. The predicted molar refractivity (Wildman–Crippen MR) is 291 cm³/mol. The van der Waals surface area contributed by atoms with Crippen molar-refractivity contribution >= 4 is 11.6 Å². The average Bonchev–Trinajstić information content (AvgIpc) is 3.93. The standard InChI is InChI=1S/C68H50N4/c1-9-29-51(30-10-1)65(52-31-11-2-12-32-52)59-45-25-26-46-60(59)66(53-33-13-3-14-34-53,54-35-15-4-16-36-54)71(65)63-49-69-50-64(70-63)72-67(55-37-17-5-18-38-55,56-39-19-6-20-40-56)61-47-27-28-48-62(61)68(72,57-41-21-7-22-42-57)58-43-23-8-24-44-58/h1-50H. The molecule has 0 unspecified atom stereocenters. The van der Waals surface area contributed by atoms with Crippen molar-refractivity contribution in [1.82, 2.24) is 9.97 Å². The normalized spacial score (nSPS) is 15.6. The Kier molecular flexibility index (Phi) is 10.4. The van der Waals surface area contributed by atoms with Crippen LogP contribution in [0.15, 0.2) is 304 Å². The fourth-order valence-corrected chi connectivity index (χ4v) is 12.8. The highest BCUT2D eigenvalue weighted by atomic mass is 15.4. The van der Waals surface area contributed by atoms with Crippen LogP contribution in [0.25, 0.3) is 0 Å². The fourth-order valence-electron chi connectivity index (χ4n) is 12.8. The summed E-state index contributed by atoms with van der Waals surface area (Å²) in [7, 11) is 0. The maximum Gasteiger partial charge on any atom is 0.152 e. The molecule has 4 nitrogen and oxygen atoms in total. The molecule has 0 radical (unpaired) electrons. The van der Waals surface area contributed by atoms with Crippen molar-refractivity contribution in [3.05, 3.63) is 370 Å². The molecule has 0 atom stereocenters. The van der Waals surface area contributed by atoms with E-state index in [1.807, 2.05) is 12.4 Å². The van der Waals surface area contributed by atoms with E-state index in [0.717, 1.165) is 44.5 Å². The van der Waals surface area contributed by atoms with E-state index in [-0.39, 0.29) is 0 Å². The predicted octanol–water partition coefficient (Wildman–Crippen LogP) is 14.7. The monoisotopic (exact) mass is 922 g/mol. The zero-order valence-corrected chi connectivity index (χ0v) is 39.7. The maximum atomic E-state index is 6.28. The van der Waals surface area contributed by atoms with Gasteiger partial charge in [0, 0.05) is 0 Å². The van der Waals surface area contributed by atoms with Crippen LogP contribution in [0.4, 0.5) is 11.6 Å². The van der Waals surface area contributed by atoms with E-state index < -0.39 is 22.2 Å². The molecule has 10 aromatic carbocycles. The molecule has 13 rings (SSSR count). The minimum atomic E-state index is -0.933. The van der Waals surface area contributed by atoms with Crippen LogP contribution in [-0.4, -0.2) is 9.97 Å². The Morgan fingerprint density at radius 1 is 0.208 bits per heavy atom. The van der Waals surface area contributed by atoms with Crippen LogP contribution in [0.5, 0.6) is 0 Å². The topological polar surface area (TPSA) is 32.3 Å². The van der Waals surface area contributed by atoms with Crippen LogP contribution in [0.2, 0.25) is 0 Å². The molecule has 4 heteroatoms. The number of fused-ring (bicyclic) bond motifs is 2. The Bertz CT molecular complexity index is 3010. The minimum Gasteiger partial charge on any atom is -0.319 e. The Morgan fingerprint density at radius 3 is 0.556 bits per heavy atom. The Hall–Kier alpha value is -9.12. The van der Waals surface area contributed by atoms with Crippen molar-refractivity contribution in [2.75, 3.05) is 9.80 Å². The Labute approximate surface area is 421 Å². The average molecular weight is 923 g/mol. The lowest BCUT2D eigenvalue weighted by Gasteiger charge is -2.51. The van der Waals surface area contributed by atoms with Gasteiger partial charge in [0.2, 0.25) is 0 Å². The first-order valence-corrected chi connectivity index (χ1v) is 24.8. The molecule has 342 valence electrons. The van der Waals surface area contributed by atoms with Crippen molar-refractivity contribution in [2.45, 2.75) is 22.2 Å². The van der Waals surface area contributed by atoms with Crippen LogP contribution in [0, 0.1) is 0 Å². The Balaban J connectivity index is 1.22. The lowest BCUT2D eigenvalue weighted by molar-refractivity contribution is 0.477. The van der Waals surface area contributed by atoms with Crippen molar-refractivity contribution in [2.24, 2.45) is 0 Å². The molecule has 0 bridgehead atoms. The van der Waals surface area contributed by atoms with Gasteiger partial charge in [-0.25, -0.2) is 4.98 Å². The molecular weight excluding hydrogens is 873 g/mol. The zero-order valence-electron chi connectivity index (χ0n) is 39.7. The molecule has 1 aromatic heterocycles. The molecule has 72 heavy (non-hydrogen) atoms. The molecule has 0 fully saturated rings. The van der Waals surface area contributed by atoms with Gasteiger partial charge in [-0.3, -0.25) is 4.98 Å². The molecule has 0 aliphatic carbocycles. The first-order chi connectivity index (χ1) is 35.8. The third-order valence-corrected chi connectivity index (χ3v) is 15.4. The van der Waals surface area contributed by atoms with Gasteiger partial charge in [0.1, 0.15) is 22.2 Å². The summed E-state index contributed by atoms with van der Waals surface area (Å²) < 4.78 is 0. The van der Waals surface area contributed by atoms with E-state index in [2.05, 4.69) is 301 Å². The fraction of sp³-hybridized carbons (Fsp3) is 0.0588. The van der Waals surface area contributed by atoms with E-state index in [4.69, 9.17) is 9.97 Å². The first kappa shape index (κ1) is 42.9. The second-order valence-electron chi connectivity index (χ2n) is 18.8. The van der Waals surface area contributed by atoms with Crippen molar-refractivity contribution in [1.29, 1.82) is 0 Å². The molecule has 11 aromatic rings. The molecule has 2 aliphatic heterocycles. The summed E-state index contributed by atoms with van der Waals surface area (Å²) in [4.78, 5) is 17.0. The van der Waals surface area contributed by atoms with Crippen LogP contribution in [-0.2, 0) is 22.2 Å². The van der Waals surface area contributed by atoms with Crippen LogP contribution in [0.3, 0.4) is 0 Å². The summed E-state index contributed by atoms with van der Waals surface area (Å²) in [6.07, 6.45) is 4.00. The van der Waals surface area contributed by atoms with E-state index in [9.17, 15) is 0 Å². The third kappa shape index (κ3) is 5.99. The van der Waals surface area contributed by atoms with Gasteiger partial charge in [-0.1, -0.05) is 291 Å². The summed E-state index contributed by atoms with van der Waals surface area (Å²) >= 11 is 0. The van der Waals surface area contributed by atoms with Gasteiger partial charge in [0.15, 0.2) is 11.6 Å². The maximum absolute atomic E-state index is 6.28. The van der Waals surface area contributed by atoms with Crippen molar-refractivity contribution in [3.8, 4) is 0 Å². The number of hydrogen-bond donors (Lipinski definition) is 0. The highest BCUT2D eigenvalue weighted by Crippen LogP contribution is 2.65. The molecule has 3 heterocycles. The first-order valence-electron chi connectivity index (χ1n) is 24.8. The molecular formula is C68H50N4. The smallest absolute Gasteiger partial charge is 0.152 e. The highest BCUT2D eigenvalue weighted by molar-refractivity contribution is 5.80. The SMILES string of the molecule is c1ccc(C2(c3ccccc3)c3ccccc3C(c3ccccc3)(c3ccccc3)N2c2cncc(N3C(c4ccccc4)(c4ccccc4)c4ccccc4C3(c3ccccc3)c3ccccc3)n2)cc1. The molecule has 0 spiro atoms. The second kappa shape index (κ2) is 17.4. The van der Waals surface area contributed by atoms with Crippen molar-refractivity contribution in [3.63, 3.8) is 0 Å². The number of nitrogens with zero attached hydrogens (tertiary/aromatic N) is 4. The number of aromatic nitrogens is 2. The van der Waals surface area contributed by atoms with Gasteiger partial charge >= 0.3 is 0 Å². The lowest BCUT2D eigenvalue weighted by Crippen LogP contribution is -2.56. The number of anilines is 2. The van der Waals surface area contributed by atoms with Crippen LogP contribution < -0.4 is 9.80 Å². The van der Waals surface area contributed by atoms with Gasteiger partial charge in [-0.05, 0) is 66.8 Å². The van der Waals surface area contributed by atoms with Crippen LogP contribution >= 0.6 is 0 Å².